The molecule has 158 valence electrons. The number of non-ortho nitro benzene ring substituents is 1. The third-order valence-electron chi connectivity index (χ3n) is 3.82. The van der Waals surface area contributed by atoms with E-state index in [2.05, 4.69) is 10.5 Å². The second-order valence-corrected chi connectivity index (χ2v) is 6.22. The number of nitro groups is 1. The molecule has 2 aromatic rings. The molecule has 0 saturated heterocycles. The van der Waals surface area contributed by atoms with E-state index in [1.54, 1.807) is 32.3 Å². The first-order valence-electron chi connectivity index (χ1n) is 8.99. The standard InChI is InChI=1S/C20H22N4O6/c1-4-29-18-10-14(8-9-17(18)30-13-19(25)23(2)3)12-21-22-20(26)15-6-5-7-16(11-15)24(27)28/h5-12H,4,13H2,1-3H3,(H,22,26)/b21-12-. The average molecular weight is 414 g/mol. The van der Waals surface area contributed by atoms with Crippen LogP contribution in [-0.4, -0.2) is 55.2 Å². The van der Waals surface area contributed by atoms with Crippen LogP contribution in [0.15, 0.2) is 47.6 Å². The fourth-order valence-electron chi connectivity index (χ4n) is 2.25. The van der Waals surface area contributed by atoms with Crippen molar-refractivity contribution in [2.24, 2.45) is 5.10 Å². The Morgan fingerprint density at radius 3 is 2.60 bits per heavy atom. The van der Waals surface area contributed by atoms with Crippen LogP contribution >= 0.6 is 0 Å². The lowest BCUT2D eigenvalue weighted by Crippen LogP contribution is -2.27. The highest BCUT2D eigenvalue weighted by molar-refractivity contribution is 5.95. The van der Waals surface area contributed by atoms with Crippen LogP contribution < -0.4 is 14.9 Å². The number of rotatable bonds is 9. The fraction of sp³-hybridized carbons (Fsp3) is 0.250. The van der Waals surface area contributed by atoms with Gasteiger partial charge in [0.1, 0.15) is 0 Å². The first-order valence-corrected chi connectivity index (χ1v) is 8.99. The Kier molecular flexibility index (Phi) is 7.86. The highest BCUT2D eigenvalue weighted by atomic mass is 16.6. The third-order valence-corrected chi connectivity index (χ3v) is 3.82. The zero-order valence-corrected chi connectivity index (χ0v) is 16.8. The van der Waals surface area contributed by atoms with Gasteiger partial charge in [0.25, 0.3) is 17.5 Å². The zero-order chi connectivity index (χ0) is 22.1. The number of carbonyl (C=O) groups excluding carboxylic acids is 2. The number of likely N-dealkylation sites (N-methyl/N-ethyl adjacent to an activating group) is 1. The van der Waals surface area contributed by atoms with E-state index < -0.39 is 10.8 Å². The number of nitrogens with one attached hydrogen (secondary N) is 1. The molecule has 0 aliphatic carbocycles. The van der Waals surface area contributed by atoms with Crippen LogP contribution in [0.1, 0.15) is 22.8 Å². The van der Waals surface area contributed by atoms with Crippen molar-refractivity contribution in [2.45, 2.75) is 6.92 Å². The SMILES string of the molecule is CCOc1cc(/C=N\NC(=O)c2cccc([N+](=O)[O-])c2)ccc1OCC(=O)N(C)C. The lowest BCUT2D eigenvalue weighted by molar-refractivity contribution is -0.384. The van der Waals surface area contributed by atoms with Crippen LogP contribution in [0.5, 0.6) is 11.5 Å². The largest absolute Gasteiger partial charge is 0.490 e. The monoisotopic (exact) mass is 414 g/mol. The quantitative estimate of drug-likeness (QED) is 0.381. The highest BCUT2D eigenvalue weighted by Gasteiger charge is 2.12. The van der Waals surface area contributed by atoms with Crippen molar-refractivity contribution in [2.75, 3.05) is 27.3 Å². The smallest absolute Gasteiger partial charge is 0.271 e. The van der Waals surface area contributed by atoms with Gasteiger partial charge in [-0.05, 0) is 36.8 Å². The second kappa shape index (κ2) is 10.6. The van der Waals surface area contributed by atoms with E-state index in [0.717, 1.165) is 0 Å². The molecule has 0 bridgehead atoms. The van der Waals surface area contributed by atoms with Gasteiger partial charge >= 0.3 is 0 Å². The Bertz CT molecular complexity index is 958. The summed E-state index contributed by atoms with van der Waals surface area (Å²) in [7, 11) is 3.27. The molecule has 30 heavy (non-hydrogen) atoms. The van der Waals surface area contributed by atoms with Crippen LogP contribution in [0, 0.1) is 10.1 Å². The topological polar surface area (TPSA) is 123 Å². The summed E-state index contributed by atoms with van der Waals surface area (Å²) in [5.74, 6) is 0.0666. The average Bonchev–Trinajstić information content (AvgIpc) is 2.73. The molecule has 0 spiro atoms. The van der Waals surface area contributed by atoms with Gasteiger partial charge in [-0.25, -0.2) is 5.43 Å². The molecule has 2 aromatic carbocycles. The van der Waals surface area contributed by atoms with Gasteiger partial charge < -0.3 is 14.4 Å². The van der Waals surface area contributed by atoms with Crippen LogP contribution in [0.4, 0.5) is 5.69 Å². The summed E-state index contributed by atoms with van der Waals surface area (Å²) in [6, 6.07) is 10.3. The van der Waals surface area contributed by atoms with E-state index in [0.29, 0.717) is 23.7 Å². The van der Waals surface area contributed by atoms with Gasteiger partial charge in [0.05, 0.1) is 17.7 Å². The predicted octanol–water partition coefficient (Wildman–Crippen LogP) is 2.22. The summed E-state index contributed by atoms with van der Waals surface area (Å²) in [6.07, 6.45) is 1.40. The number of amides is 2. The van der Waals surface area contributed by atoms with Crippen LogP contribution in [0.25, 0.3) is 0 Å². The van der Waals surface area contributed by atoms with Crippen molar-refractivity contribution in [3.8, 4) is 11.5 Å². The molecule has 0 aliphatic rings. The summed E-state index contributed by atoms with van der Waals surface area (Å²) >= 11 is 0. The molecule has 0 fully saturated rings. The lowest BCUT2D eigenvalue weighted by Gasteiger charge is -2.14. The predicted molar refractivity (Wildman–Crippen MR) is 110 cm³/mol. The Balaban J connectivity index is 2.06. The maximum atomic E-state index is 12.1. The number of benzene rings is 2. The molecule has 1 N–H and O–H groups in total. The van der Waals surface area contributed by atoms with Crippen LogP contribution in [0.2, 0.25) is 0 Å². The molecule has 0 saturated carbocycles. The molecule has 0 aromatic heterocycles. The Morgan fingerprint density at radius 1 is 1.17 bits per heavy atom. The van der Waals surface area contributed by atoms with Crippen LogP contribution in [0.3, 0.4) is 0 Å². The van der Waals surface area contributed by atoms with Gasteiger partial charge in [0.2, 0.25) is 0 Å². The van der Waals surface area contributed by atoms with Crippen molar-refractivity contribution in [3.63, 3.8) is 0 Å². The molecule has 2 rings (SSSR count). The second-order valence-electron chi connectivity index (χ2n) is 6.22. The molecule has 10 nitrogen and oxygen atoms in total. The summed E-state index contributed by atoms with van der Waals surface area (Å²) in [5, 5.41) is 14.7. The number of nitrogens with zero attached hydrogens (tertiary/aromatic N) is 3. The molecule has 2 amide bonds. The summed E-state index contributed by atoms with van der Waals surface area (Å²) in [4.78, 5) is 35.5. The van der Waals surface area contributed by atoms with Gasteiger partial charge in [-0.15, -0.1) is 0 Å². The minimum absolute atomic E-state index is 0.116. The molecule has 10 heteroatoms. The Labute approximate surface area is 173 Å². The molecule has 0 atom stereocenters. The fourth-order valence-corrected chi connectivity index (χ4v) is 2.25. The summed E-state index contributed by atoms with van der Waals surface area (Å²) in [5.41, 5.74) is 2.87. The number of ether oxygens (including phenoxy) is 2. The first-order chi connectivity index (χ1) is 14.3. The Hall–Kier alpha value is -3.95. The van der Waals surface area contributed by atoms with E-state index in [4.69, 9.17) is 9.47 Å². The Morgan fingerprint density at radius 2 is 1.93 bits per heavy atom. The number of hydrazone groups is 1. The summed E-state index contributed by atoms with van der Waals surface area (Å²) in [6.45, 7) is 2.08. The first kappa shape index (κ1) is 22.3. The van der Waals surface area contributed by atoms with Gasteiger partial charge in [-0.3, -0.25) is 19.7 Å². The molecule has 0 radical (unpaired) electrons. The molecular weight excluding hydrogens is 392 g/mol. The minimum Gasteiger partial charge on any atom is -0.490 e. The summed E-state index contributed by atoms with van der Waals surface area (Å²) < 4.78 is 11.1. The van der Waals surface area contributed by atoms with E-state index in [-0.39, 0.29) is 23.8 Å². The van der Waals surface area contributed by atoms with Crippen molar-refractivity contribution in [1.29, 1.82) is 0 Å². The molecule has 0 heterocycles. The van der Waals surface area contributed by atoms with Crippen molar-refractivity contribution in [1.82, 2.24) is 10.3 Å². The molecular formula is C20H22N4O6. The molecule has 0 unspecified atom stereocenters. The number of nitro benzene ring substituents is 1. The minimum atomic E-state index is -0.581. The molecule has 0 aliphatic heterocycles. The number of hydrogen-bond acceptors (Lipinski definition) is 7. The number of hydrogen-bond donors (Lipinski definition) is 1. The van der Waals surface area contributed by atoms with Gasteiger partial charge in [-0.1, -0.05) is 6.07 Å². The van der Waals surface area contributed by atoms with E-state index >= 15 is 0 Å². The zero-order valence-electron chi connectivity index (χ0n) is 16.8. The van der Waals surface area contributed by atoms with Gasteiger partial charge in [0.15, 0.2) is 18.1 Å². The maximum absolute atomic E-state index is 12.1. The van der Waals surface area contributed by atoms with E-state index in [1.807, 2.05) is 6.92 Å². The maximum Gasteiger partial charge on any atom is 0.271 e. The van der Waals surface area contributed by atoms with Crippen molar-refractivity contribution in [3.05, 3.63) is 63.7 Å². The lowest BCUT2D eigenvalue weighted by atomic mass is 10.2. The van der Waals surface area contributed by atoms with Crippen LogP contribution in [-0.2, 0) is 4.79 Å². The van der Waals surface area contributed by atoms with E-state index in [1.165, 1.54) is 35.4 Å². The van der Waals surface area contributed by atoms with Crippen molar-refractivity contribution >= 4 is 23.7 Å². The number of carbonyl (C=O) groups is 2. The highest BCUT2D eigenvalue weighted by Crippen LogP contribution is 2.28. The third kappa shape index (κ3) is 6.30. The van der Waals surface area contributed by atoms with Gasteiger partial charge in [-0.2, -0.15) is 5.10 Å². The van der Waals surface area contributed by atoms with Crippen molar-refractivity contribution < 1.29 is 24.0 Å². The van der Waals surface area contributed by atoms with E-state index in [9.17, 15) is 19.7 Å². The normalized spacial score (nSPS) is 10.5. The van der Waals surface area contributed by atoms with Gasteiger partial charge in [0, 0.05) is 31.8 Å².